The third-order valence-corrected chi connectivity index (χ3v) is 3.39. The van der Waals surface area contributed by atoms with Crippen LogP contribution >= 0.6 is 0 Å². The molecule has 2 nitrogen and oxygen atoms in total. The van der Waals surface area contributed by atoms with Gasteiger partial charge in [0, 0.05) is 11.1 Å². The van der Waals surface area contributed by atoms with Crippen LogP contribution in [-0.4, -0.2) is 12.4 Å². The molecule has 0 aromatic heterocycles. The Labute approximate surface area is 129 Å². The molecule has 0 saturated carbocycles. The summed E-state index contributed by atoms with van der Waals surface area (Å²) in [5, 5.41) is 7.72. The topological polar surface area (TPSA) is 24.7 Å². The smallest absolute Gasteiger partial charge is 0.129 e. The van der Waals surface area contributed by atoms with E-state index in [1.54, 1.807) is 13.1 Å². The number of hydrogen-bond donors (Lipinski definition) is 0. The zero-order valence-corrected chi connectivity index (χ0v) is 12.7. The number of benzene rings is 2. The van der Waals surface area contributed by atoms with Crippen LogP contribution in [0.15, 0.2) is 46.6 Å². The molecule has 0 unspecified atom stereocenters. The number of halogens is 2. The van der Waals surface area contributed by atoms with Gasteiger partial charge in [0.1, 0.15) is 11.6 Å². The molecule has 0 aliphatic rings. The highest BCUT2D eigenvalue weighted by Crippen LogP contribution is 2.15. The first-order valence-corrected chi connectivity index (χ1v) is 7.27. The second kappa shape index (κ2) is 7.59. The van der Waals surface area contributed by atoms with Gasteiger partial charge in [-0.2, -0.15) is 10.2 Å². The minimum Gasteiger partial charge on any atom is -0.207 e. The van der Waals surface area contributed by atoms with Gasteiger partial charge in [0.25, 0.3) is 0 Å². The van der Waals surface area contributed by atoms with Gasteiger partial charge in [0.05, 0.1) is 12.4 Å². The first-order valence-electron chi connectivity index (χ1n) is 7.27. The van der Waals surface area contributed by atoms with Crippen LogP contribution in [0.5, 0.6) is 0 Å². The second-order valence-corrected chi connectivity index (χ2v) is 4.90. The van der Waals surface area contributed by atoms with E-state index in [9.17, 15) is 8.78 Å². The van der Waals surface area contributed by atoms with Crippen LogP contribution < -0.4 is 0 Å². The minimum atomic E-state index is -0.553. The van der Waals surface area contributed by atoms with E-state index in [0.29, 0.717) is 12.0 Å². The Balaban J connectivity index is 2.07. The number of aryl methyl sites for hydroxylation is 1. The molecule has 0 spiro atoms. The highest BCUT2D eigenvalue weighted by Gasteiger charge is 2.07. The summed E-state index contributed by atoms with van der Waals surface area (Å²) >= 11 is 0. The molecule has 0 heterocycles. The molecule has 2 aromatic rings. The molecule has 22 heavy (non-hydrogen) atoms. The van der Waals surface area contributed by atoms with E-state index in [0.717, 1.165) is 12.0 Å². The van der Waals surface area contributed by atoms with Gasteiger partial charge in [-0.15, -0.1) is 0 Å². The van der Waals surface area contributed by atoms with Crippen LogP contribution in [0.3, 0.4) is 0 Å². The van der Waals surface area contributed by atoms with Crippen molar-refractivity contribution in [1.29, 1.82) is 0 Å². The average Bonchev–Trinajstić information content (AvgIpc) is 2.52. The summed E-state index contributed by atoms with van der Waals surface area (Å²) in [5.74, 6) is -1.11. The van der Waals surface area contributed by atoms with E-state index >= 15 is 0 Å². The summed E-state index contributed by atoms with van der Waals surface area (Å²) in [5.41, 5.74) is 2.62. The normalized spacial score (nSPS) is 11.6. The van der Waals surface area contributed by atoms with Gasteiger partial charge in [0.2, 0.25) is 0 Å². The zero-order chi connectivity index (χ0) is 15.9. The molecule has 114 valence electrons. The molecule has 0 aliphatic carbocycles. The summed E-state index contributed by atoms with van der Waals surface area (Å²) in [6.45, 7) is 3.80. The number of nitrogens with zero attached hydrogens (tertiary/aromatic N) is 2. The van der Waals surface area contributed by atoms with Crippen molar-refractivity contribution < 1.29 is 8.78 Å². The van der Waals surface area contributed by atoms with Crippen LogP contribution in [0.1, 0.15) is 36.1 Å². The van der Waals surface area contributed by atoms with Crippen LogP contribution in [-0.2, 0) is 12.8 Å². The highest BCUT2D eigenvalue weighted by atomic mass is 19.1. The zero-order valence-electron chi connectivity index (χ0n) is 12.7. The molecule has 0 amide bonds. The fourth-order valence-corrected chi connectivity index (χ4v) is 2.07. The van der Waals surface area contributed by atoms with Gasteiger partial charge in [-0.1, -0.05) is 38.1 Å². The Kier molecular flexibility index (Phi) is 5.53. The summed E-state index contributed by atoms with van der Waals surface area (Å²) in [7, 11) is 0. The van der Waals surface area contributed by atoms with Crippen LogP contribution in [0.2, 0.25) is 0 Å². The predicted octanol–water partition coefficient (Wildman–Crippen LogP) is 4.54. The van der Waals surface area contributed by atoms with Gasteiger partial charge in [-0.3, -0.25) is 0 Å². The Morgan fingerprint density at radius 1 is 0.818 bits per heavy atom. The lowest BCUT2D eigenvalue weighted by Gasteiger charge is -2.02. The van der Waals surface area contributed by atoms with Crippen molar-refractivity contribution in [3.63, 3.8) is 0 Å². The quantitative estimate of drug-likeness (QED) is 0.572. The minimum absolute atomic E-state index is 0.0941. The van der Waals surface area contributed by atoms with Gasteiger partial charge < -0.3 is 0 Å². The molecule has 4 heteroatoms. The third-order valence-electron chi connectivity index (χ3n) is 3.39. The van der Waals surface area contributed by atoms with Crippen molar-refractivity contribution in [1.82, 2.24) is 0 Å². The van der Waals surface area contributed by atoms with Crippen LogP contribution in [0.4, 0.5) is 8.78 Å². The summed E-state index contributed by atoms with van der Waals surface area (Å²) in [6, 6.07) is 10.5. The predicted molar refractivity (Wildman–Crippen MR) is 86.7 cm³/mol. The van der Waals surface area contributed by atoms with Crippen LogP contribution in [0, 0.1) is 11.6 Å². The van der Waals surface area contributed by atoms with Gasteiger partial charge >= 0.3 is 0 Å². The maximum atomic E-state index is 13.6. The Hall–Kier alpha value is -2.36. The third kappa shape index (κ3) is 4.07. The van der Waals surface area contributed by atoms with E-state index in [-0.39, 0.29) is 5.56 Å². The van der Waals surface area contributed by atoms with Gasteiger partial charge in [0.15, 0.2) is 0 Å². The summed E-state index contributed by atoms with van der Waals surface area (Å²) in [4.78, 5) is 0. The summed E-state index contributed by atoms with van der Waals surface area (Å²) in [6.07, 6.45) is 4.24. The van der Waals surface area contributed by atoms with E-state index in [4.69, 9.17) is 0 Å². The SMILES string of the molecule is CCc1ccc(C=NN=Cc2cc(F)c(CC)c(F)c2)cc1. The monoisotopic (exact) mass is 300 g/mol. The number of hydrogen-bond acceptors (Lipinski definition) is 2. The van der Waals surface area contributed by atoms with E-state index in [1.165, 1.54) is 23.9 Å². The molecule has 0 saturated heterocycles. The molecule has 2 aromatic carbocycles. The lowest BCUT2D eigenvalue weighted by molar-refractivity contribution is 0.558. The molecule has 0 fully saturated rings. The maximum absolute atomic E-state index is 13.6. The van der Waals surface area contributed by atoms with E-state index in [2.05, 4.69) is 17.1 Å². The molecule has 0 N–H and O–H groups in total. The number of rotatable bonds is 5. The lowest BCUT2D eigenvalue weighted by atomic mass is 10.1. The first kappa shape index (κ1) is 16.0. The van der Waals surface area contributed by atoms with Crippen molar-refractivity contribution in [2.45, 2.75) is 26.7 Å². The largest absolute Gasteiger partial charge is 0.207 e. The van der Waals surface area contributed by atoms with Gasteiger partial charge in [-0.05, 0) is 36.1 Å². The van der Waals surface area contributed by atoms with E-state index < -0.39 is 11.6 Å². The molecular weight excluding hydrogens is 282 g/mol. The second-order valence-electron chi connectivity index (χ2n) is 4.90. The Bertz CT molecular complexity index is 666. The molecule has 0 atom stereocenters. The Morgan fingerprint density at radius 2 is 1.36 bits per heavy atom. The Morgan fingerprint density at radius 3 is 1.86 bits per heavy atom. The highest BCUT2D eigenvalue weighted by molar-refractivity contribution is 5.82. The molecular formula is C18H18F2N2. The maximum Gasteiger partial charge on any atom is 0.129 e. The van der Waals surface area contributed by atoms with Crippen molar-refractivity contribution in [2.24, 2.45) is 10.2 Å². The van der Waals surface area contributed by atoms with Crippen molar-refractivity contribution in [3.8, 4) is 0 Å². The van der Waals surface area contributed by atoms with Crippen LogP contribution in [0.25, 0.3) is 0 Å². The van der Waals surface area contributed by atoms with Crippen molar-refractivity contribution in [2.75, 3.05) is 0 Å². The first-order chi connectivity index (χ1) is 10.6. The fraction of sp³-hybridized carbons (Fsp3) is 0.222. The van der Waals surface area contributed by atoms with Gasteiger partial charge in [-0.25, -0.2) is 8.78 Å². The molecule has 2 rings (SSSR count). The lowest BCUT2D eigenvalue weighted by Crippen LogP contribution is -1.96. The molecule has 0 bridgehead atoms. The molecule has 0 aliphatic heterocycles. The van der Waals surface area contributed by atoms with E-state index in [1.807, 2.05) is 24.3 Å². The fourth-order valence-electron chi connectivity index (χ4n) is 2.07. The van der Waals surface area contributed by atoms with Crippen molar-refractivity contribution >= 4 is 12.4 Å². The summed E-state index contributed by atoms with van der Waals surface area (Å²) < 4.78 is 27.2. The van der Waals surface area contributed by atoms with Crippen molar-refractivity contribution in [3.05, 3.63) is 70.3 Å². The average molecular weight is 300 g/mol. The standard InChI is InChI=1S/C18H18F2N2/c1-3-13-5-7-14(8-6-13)11-21-22-12-15-9-17(19)16(4-2)18(20)10-15/h5-12H,3-4H2,1-2H3. The molecule has 0 radical (unpaired) electrons.